The Morgan fingerprint density at radius 2 is 1.70 bits per heavy atom. The van der Waals surface area contributed by atoms with Gasteiger partial charge in [-0.1, -0.05) is 20.8 Å². The summed E-state index contributed by atoms with van der Waals surface area (Å²) < 4.78 is 0. The van der Waals surface area contributed by atoms with Crippen LogP contribution >= 0.6 is 0 Å². The molecule has 0 rings (SSSR count). The number of rotatable bonds is 2. The van der Waals surface area contributed by atoms with E-state index in [1.165, 1.54) is 0 Å². The van der Waals surface area contributed by atoms with Gasteiger partial charge in [-0.3, -0.25) is 0 Å². The van der Waals surface area contributed by atoms with Gasteiger partial charge in [0.25, 0.3) is 0 Å². The Hall–Kier alpha value is -0.370. The zero-order chi connectivity index (χ0) is 8.57. The number of hydrogen-bond acceptors (Lipinski definition) is 2. The molecule has 0 fully saturated rings. The summed E-state index contributed by atoms with van der Waals surface area (Å²) in [6, 6.07) is 0. The predicted octanol–water partition coefficient (Wildman–Crippen LogP) is 1.48. The van der Waals surface area contributed by atoms with Crippen molar-refractivity contribution >= 4 is 6.29 Å². The van der Waals surface area contributed by atoms with E-state index in [0.717, 1.165) is 6.29 Å². The van der Waals surface area contributed by atoms with Crippen LogP contribution in [0.5, 0.6) is 0 Å². The zero-order valence-corrected chi connectivity index (χ0v) is 7.29. The van der Waals surface area contributed by atoms with Crippen molar-refractivity contribution in [3.05, 3.63) is 0 Å². The topological polar surface area (TPSA) is 37.3 Å². The summed E-state index contributed by atoms with van der Waals surface area (Å²) in [5.74, 6) is 0.720. The summed E-state index contributed by atoms with van der Waals surface area (Å²) in [6.07, 6.45) is 0.991. The lowest BCUT2D eigenvalue weighted by Gasteiger charge is -2.04. The van der Waals surface area contributed by atoms with E-state index in [1.54, 1.807) is 6.92 Å². The number of hydrogen-bond donors (Lipinski definition) is 1. The van der Waals surface area contributed by atoms with Crippen molar-refractivity contribution in [1.82, 2.24) is 0 Å². The Labute approximate surface area is 63.3 Å². The van der Waals surface area contributed by atoms with Crippen molar-refractivity contribution in [3.8, 4) is 0 Å². The number of aliphatic hydroxyl groups excluding tert-OH is 1. The Morgan fingerprint density at radius 3 is 1.70 bits per heavy atom. The normalized spacial score (nSPS) is 11.8. The summed E-state index contributed by atoms with van der Waals surface area (Å²) in [7, 11) is 0. The monoisotopic (exact) mass is 146 g/mol. The van der Waals surface area contributed by atoms with E-state index in [2.05, 4.69) is 0 Å². The molecule has 0 aromatic carbocycles. The van der Waals surface area contributed by atoms with Gasteiger partial charge in [0.05, 0.1) is 0 Å². The molecule has 1 unspecified atom stereocenters. The second-order valence-corrected chi connectivity index (χ2v) is 2.56. The number of carbonyl (C=O) groups is 1. The molecule has 0 saturated heterocycles. The average Bonchev–Trinajstić information content (AvgIpc) is 1.88. The SMILES string of the molecule is CC(C)C(C)C=O.CCO. The van der Waals surface area contributed by atoms with Gasteiger partial charge in [0.15, 0.2) is 0 Å². The van der Waals surface area contributed by atoms with Gasteiger partial charge in [0.1, 0.15) is 6.29 Å². The fourth-order valence-electron chi connectivity index (χ4n) is 0.157. The molecule has 0 aromatic rings. The number of aliphatic hydroxyl groups is 1. The van der Waals surface area contributed by atoms with Crippen LogP contribution in [-0.2, 0) is 4.79 Å². The molecule has 0 heterocycles. The van der Waals surface area contributed by atoms with Gasteiger partial charge in [-0.15, -0.1) is 0 Å². The first-order chi connectivity index (χ1) is 4.59. The molecule has 10 heavy (non-hydrogen) atoms. The van der Waals surface area contributed by atoms with Crippen LogP contribution in [0.25, 0.3) is 0 Å². The minimum atomic E-state index is 0.222. The maximum atomic E-state index is 9.95. The molecule has 0 aliphatic carbocycles. The van der Waals surface area contributed by atoms with Gasteiger partial charge in [-0.2, -0.15) is 0 Å². The summed E-state index contributed by atoms with van der Waals surface area (Å²) in [4.78, 5) is 9.95. The van der Waals surface area contributed by atoms with Crippen LogP contribution in [-0.4, -0.2) is 18.0 Å². The molecular formula is C8H18O2. The van der Waals surface area contributed by atoms with Crippen LogP contribution < -0.4 is 0 Å². The lowest BCUT2D eigenvalue weighted by Crippen LogP contribution is -2.03. The highest BCUT2D eigenvalue weighted by Crippen LogP contribution is 2.04. The smallest absolute Gasteiger partial charge is 0.123 e. The highest BCUT2D eigenvalue weighted by Gasteiger charge is 2.02. The van der Waals surface area contributed by atoms with Gasteiger partial charge in [0.2, 0.25) is 0 Å². The van der Waals surface area contributed by atoms with Crippen molar-refractivity contribution in [2.45, 2.75) is 27.7 Å². The highest BCUT2D eigenvalue weighted by molar-refractivity contribution is 5.52. The van der Waals surface area contributed by atoms with Crippen LogP contribution in [0.3, 0.4) is 0 Å². The van der Waals surface area contributed by atoms with Gasteiger partial charge in [-0.05, 0) is 12.8 Å². The summed E-state index contributed by atoms with van der Waals surface area (Å²) in [5.41, 5.74) is 0. The largest absolute Gasteiger partial charge is 0.397 e. The van der Waals surface area contributed by atoms with Crippen LogP contribution in [0, 0.1) is 11.8 Å². The molecule has 2 nitrogen and oxygen atoms in total. The first kappa shape index (κ1) is 12.3. The van der Waals surface area contributed by atoms with E-state index >= 15 is 0 Å². The third-order valence-corrected chi connectivity index (χ3v) is 1.27. The van der Waals surface area contributed by atoms with E-state index in [4.69, 9.17) is 5.11 Å². The minimum Gasteiger partial charge on any atom is -0.397 e. The minimum absolute atomic E-state index is 0.222. The van der Waals surface area contributed by atoms with Crippen LogP contribution in [0.15, 0.2) is 0 Å². The molecule has 2 heteroatoms. The fourth-order valence-corrected chi connectivity index (χ4v) is 0.157. The Morgan fingerprint density at radius 1 is 1.40 bits per heavy atom. The van der Waals surface area contributed by atoms with E-state index in [-0.39, 0.29) is 12.5 Å². The van der Waals surface area contributed by atoms with E-state index in [9.17, 15) is 4.79 Å². The fraction of sp³-hybridized carbons (Fsp3) is 0.875. The van der Waals surface area contributed by atoms with E-state index in [0.29, 0.717) is 5.92 Å². The molecule has 0 radical (unpaired) electrons. The second-order valence-electron chi connectivity index (χ2n) is 2.56. The van der Waals surface area contributed by atoms with Crippen molar-refractivity contribution in [2.24, 2.45) is 11.8 Å². The van der Waals surface area contributed by atoms with Crippen molar-refractivity contribution in [2.75, 3.05) is 6.61 Å². The molecule has 1 atom stereocenters. The molecule has 1 N–H and O–H groups in total. The van der Waals surface area contributed by atoms with Crippen molar-refractivity contribution < 1.29 is 9.90 Å². The third kappa shape index (κ3) is 10.6. The van der Waals surface area contributed by atoms with Gasteiger partial charge in [-0.25, -0.2) is 0 Å². The average molecular weight is 146 g/mol. The Kier molecular flexibility index (Phi) is 10.6. The zero-order valence-electron chi connectivity index (χ0n) is 7.29. The molecule has 0 amide bonds. The van der Waals surface area contributed by atoms with E-state index < -0.39 is 0 Å². The quantitative estimate of drug-likeness (QED) is 0.599. The second kappa shape index (κ2) is 8.63. The first-order valence-corrected chi connectivity index (χ1v) is 3.66. The number of aldehydes is 1. The van der Waals surface area contributed by atoms with E-state index in [1.807, 2.05) is 20.8 Å². The molecule has 0 aliphatic heterocycles. The number of carbonyl (C=O) groups excluding carboxylic acids is 1. The molecular weight excluding hydrogens is 128 g/mol. The van der Waals surface area contributed by atoms with Gasteiger partial charge >= 0.3 is 0 Å². The molecule has 0 saturated carbocycles. The summed E-state index contributed by atoms with van der Waals surface area (Å²) in [5, 5.41) is 7.57. The third-order valence-electron chi connectivity index (χ3n) is 1.27. The lowest BCUT2D eigenvalue weighted by atomic mass is 10.0. The maximum absolute atomic E-state index is 9.95. The predicted molar refractivity (Wildman–Crippen MR) is 42.8 cm³/mol. The van der Waals surface area contributed by atoms with Crippen LogP contribution in [0.4, 0.5) is 0 Å². The molecule has 0 aromatic heterocycles. The molecule has 0 aliphatic rings. The van der Waals surface area contributed by atoms with Crippen molar-refractivity contribution in [1.29, 1.82) is 0 Å². The van der Waals surface area contributed by atoms with Crippen molar-refractivity contribution in [3.63, 3.8) is 0 Å². The van der Waals surface area contributed by atoms with Gasteiger partial charge < -0.3 is 9.90 Å². The molecule has 0 bridgehead atoms. The summed E-state index contributed by atoms with van der Waals surface area (Å²) >= 11 is 0. The van der Waals surface area contributed by atoms with Crippen LogP contribution in [0.1, 0.15) is 27.7 Å². The molecule has 0 spiro atoms. The Balaban J connectivity index is 0. The molecule has 62 valence electrons. The standard InChI is InChI=1S/C6H12O.C2H6O/c1-5(2)6(3)4-7;1-2-3/h4-6H,1-3H3;3H,2H2,1H3. The highest BCUT2D eigenvalue weighted by atomic mass is 16.2. The lowest BCUT2D eigenvalue weighted by molar-refractivity contribution is -0.111. The summed E-state index contributed by atoms with van der Waals surface area (Å²) in [6.45, 7) is 7.94. The maximum Gasteiger partial charge on any atom is 0.123 e. The van der Waals surface area contributed by atoms with Gasteiger partial charge in [0, 0.05) is 12.5 Å². The Bertz CT molecular complexity index is 69.7. The first-order valence-electron chi connectivity index (χ1n) is 3.66. The van der Waals surface area contributed by atoms with Crippen LogP contribution in [0.2, 0.25) is 0 Å².